The van der Waals surface area contributed by atoms with E-state index >= 15 is 0 Å². The molecule has 0 aliphatic heterocycles. The van der Waals surface area contributed by atoms with E-state index < -0.39 is 5.97 Å². The van der Waals surface area contributed by atoms with E-state index in [1.54, 1.807) is 12.1 Å². The smallest absolute Gasteiger partial charge is 0.336 e. The van der Waals surface area contributed by atoms with Crippen LogP contribution in [-0.4, -0.2) is 25.8 Å². The Balaban J connectivity index is 1.84. The van der Waals surface area contributed by atoms with Gasteiger partial charge in [-0.2, -0.15) is 5.10 Å². The number of aromatic carboxylic acids is 1. The van der Waals surface area contributed by atoms with Crippen LogP contribution in [-0.2, 0) is 13.0 Å². The van der Waals surface area contributed by atoms with Crippen LogP contribution in [0.4, 0.5) is 0 Å². The highest BCUT2D eigenvalue weighted by molar-refractivity contribution is 5.95. The van der Waals surface area contributed by atoms with Gasteiger partial charge in [0.05, 0.1) is 5.56 Å². The molecule has 0 aliphatic rings. The molecule has 0 aliphatic carbocycles. The van der Waals surface area contributed by atoms with E-state index in [9.17, 15) is 9.90 Å². The van der Waals surface area contributed by atoms with E-state index in [1.165, 1.54) is 0 Å². The van der Waals surface area contributed by atoms with Crippen molar-refractivity contribution in [3.63, 3.8) is 0 Å². The second-order valence-electron chi connectivity index (χ2n) is 7.50. The maximum atomic E-state index is 11.5. The number of unbranched alkanes of at least 4 members (excludes halogenated alkanes) is 1. The Morgan fingerprint density at radius 3 is 2.48 bits per heavy atom. The Kier molecular flexibility index (Phi) is 6.81. The molecule has 0 bridgehead atoms. The Morgan fingerprint density at radius 2 is 1.83 bits per heavy atom. The largest absolute Gasteiger partial charge is 0.478 e. The van der Waals surface area contributed by atoms with Crippen molar-refractivity contribution >= 4 is 5.97 Å². The van der Waals surface area contributed by atoms with Gasteiger partial charge in [0.2, 0.25) is 0 Å². The maximum Gasteiger partial charge on any atom is 0.336 e. The number of carbonyl (C=O) groups is 1. The molecule has 1 heterocycles. The fourth-order valence-corrected chi connectivity index (χ4v) is 3.31. The highest BCUT2D eigenvalue weighted by Crippen LogP contribution is 2.25. The third-order valence-electron chi connectivity index (χ3n) is 5.33. The van der Waals surface area contributed by atoms with Gasteiger partial charge in [-0.1, -0.05) is 69.7 Å². The Morgan fingerprint density at radius 1 is 1.10 bits per heavy atom. The molecule has 1 N–H and O–H groups in total. The quantitative estimate of drug-likeness (QED) is 0.519. The molecule has 1 unspecified atom stereocenters. The highest BCUT2D eigenvalue weighted by atomic mass is 16.4. The average Bonchev–Trinajstić information content (AvgIpc) is 3.14. The molecule has 0 radical (unpaired) electrons. The first-order valence-electron chi connectivity index (χ1n) is 10.4. The van der Waals surface area contributed by atoms with Crippen molar-refractivity contribution in [3.05, 3.63) is 71.3 Å². The third-order valence-corrected chi connectivity index (χ3v) is 5.33. The standard InChI is InChI=1S/C24H29N3O2/c1-4-6-15-27-22(25-23(26-27)17(3)5-2)16-18-11-13-19(14-12-18)20-9-7-8-10-21(20)24(28)29/h7-14,17H,4-6,15-16H2,1-3H3,(H,28,29). The van der Waals surface area contributed by atoms with Crippen LogP contribution >= 0.6 is 0 Å². The fourth-order valence-electron chi connectivity index (χ4n) is 3.31. The molecular weight excluding hydrogens is 362 g/mol. The van der Waals surface area contributed by atoms with Gasteiger partial charge in [0.1, 0.15) is 5.82 Å². The predicted octanol–water partition coefficient (Wildman–Crippen LogP) is 5.55. The number of benzene rings is 2. The van der Waals surface area contributed by atoms with E-state index in [4.69, 9.17) is 10.1 Å². The van der Waals surface area contributed by atoms with Crippen LogP contribution in [0.25, 0.3) is 11.1 Å². The second kappa shape index (κ2) is 9.50. The van der Waals surface area contributed by atoms with E-state index in [2.05, 4.69) is 37.6 Å². The summed E-state index contributed by atoms with van der Waals surface area (Å²) in [5, 5.41) is 14.2. The van der Waals surface area contributed by atoms with Gasteiger partial charge in [-0.05, 0) is 35.6 Å². The molecule has 0 spiro atoms. The van der Waals surface area contributed by atoms with Crippen LogP contribution in [0.3, 0.4) is 0 Å². The van der Waals surface area contributed by atoms with E-state index in [1.807, 2.05) is 24.3 Å². The highest BCUT2D eigenvalue weighted by Gasteiger charge is 2.15. The zero-order valence-corrected chi connectivity index (χ0v) is 17.4. The van der Waals surface area contributed by atoms with Gasteiger partial charge >= 0.3 is 5.97 Å². The minimum absolute atomic E-state index is 0.317. The summed E-state index contributed by atoms with van der Waals surface area (Å²) < 4.78 is 2.05. The maximum absolute atomic E-state index is 11.5. The topological polar surface area (TPSA) is 68.0 Å². The lowest BCUT2D eigenvalue weighted by Crippen LogP contribution is -2.06. The van der Waals surface area contributed by atoms with Crippen LogP contribution in [0.15, 0.2) is 48.5 Å². The zero-order valence-electron chi connectivity index (χ0n) is 17.4. The number of aromatic nitrogens is 3. The van der Waals surface area contributed by atoms with E-state index in [0.29, 0.717) is 17.9 Å². The molecule has 2 aromatic carbocycles. The van der Waals surface area contributed by atoms with Gasteiger partial charge in [-0.15, -0.1) is 0 Å². The SMILES string of the molecule is CCCCn1nc(C(C)CC)nc1Cc1ccc(-c2ccccc2C(=O)O)cc1. The van der Waals surface area contributed by atoms with Crippen molar-refractivity contribution in [1.82, 2.24) is 14.8 Å². The van der Waals surface area contributed by atoms with Crippen LogP contribution in [0.1, 0.15) is 73.5 Å². The summed E-state index contributed by atoms with van der Waals surface area (Å²) in [7, 11) is 0. The molecule has 0 saturated heterocycles. The summed E-state index contributed by atoms with van der Waals surface area (Å²) in [5.41, 5.74) is 3.09. The number of hydrogen-bond acceptors (Lipinski definition) is 3. The molecule has 0 fully saturated rings. The second-order valence-corrected chi connectivity index (χ2v) is 7.50. The fraction of sp³-hybridized carbons (Fsp3) is 0.375. The van der Waals surface area contributed by atoms with Crippen LogP contribution < -0.4 is 0 Å². The van der Waals surface area contributed by atoms with Crippen LogP contribution in [0.2, 0.25) is 0 Å². The lowest BCUT2D eigenvalue weighted by atomic mass is 9.98. The normalized spacial score (nSPS) is 12.1. The first kappa shape index (κ1) is 20.8. The van der Waals surface area contributed by atoms with Crippen molar-refractivity contribution in [2.24, 2.45) is 0 Å². The lowest BCUT2D eigenvalue weighted by molar-refractivity contribution is 0.0697. The van der Waals surface area contributed by atoms with Gasteiger partial charge < -0.3 is 5.11 Å². The van der Waals surface area contributed by atoms with Crippen molar-refractivity contribution in [1.29, 1.82) is 0 Å². The Hall–Kier alpha value is -2.95. The molecule has 5 nitrogen and oxygen atoms in total. The molecule has 5 heteroatoms. The van der Waals surface area contributed by atoms with Gasteiger partial charge in [0.25, 0.3) is 0 Å². The minimum atomic E-state index is -0.911. The number of aryl methyl sites for hydroxylation is 1. The predicted molar refractivity (Wildman–Crippen MR) is 115 cm³/mol. The van der Waals surface area contributed by atoms with Crippen LogP contribution in [0.5, 0.6) is 0 Å². The first-order chi connectivity index (χ1) is 14.0. The summed E-state index contributed by atoms with van der Waals surface area (Å²) >= 11 is 0. The zero-order chi connectivity index (χ0) is 20.8. The summed E-state index contributed by atoms with van der Waals surface area (Å²) in [6, 6.07) is 15.2. The summed E-state index contributed by atoms with van der Waals surface area (Å²) in [6.45, 7) is 7.39. The first-order valence-corrected chi connectivity index (χ1v) is 10.4. The van der Waals surface area contributed by atoms with Gasteiger partial charge in [0, 0.05) is 18.9 Å². The number of carboxylic acid groups (broad SMARTS) is 1. The van der Waals surface area contributed by atoms with Crippen molar-refractivity contribution in [3.8, 4) is 11.1 Å². The average molecular weight is 392 g/mol. The number of hydrogen-bond donors (Lipinski definition) is 1. The molecule has 0 saturated carbocycles. The number of rotatable bonds is 9. The molecule has 29 heavy (non-hydrogen) atoms. The summed E-state index contributed by atoms with van der Waals surface area (Å²) in [4.78, 5) is 16.3. The molecule has 1 atom stereocenters. The van der Waals surface area contributed by atoms with Crippen LogP contribution in [0, 0.1) is 0 Å². The number of carboxylic acids is 1. The summed E-state index contributed by atoms with van der Waals surface area (Å²) in [5.74, 6) is 1.36. The van der Waals surface area contributed by atoms with Crippen molar-refractivity contribution in [2.45, 2.75) is 58.9 Å². The van der Waals surface area contributed by atoms with Gasteiger partial charge in [-0.25, -0.2) is 14.5 Å². The van der Waals surface area contributed by atoms with Gasteiger partial charge in [0.15, 0.2) is 5.82 Å². The molecule has 152 valence electrons. The monoisotopic (exact) mass is 391 g/mol. The molecular formula is C24H29N3O2. The third kappa shape index (κ3) is 4.91. The lowest BCUT2D eigenvalue weighted by Gasteiger charge is -2.08. The molecule has 3 aromatic rings. The van der Waals surface area contributed by atoms with E-state index in [-0.39, 0.29) is 0 Å². The molecule has 1 aromatic heterocycles. The summed E-state index contributed by atoms with van der Waals surface area (Å²) in [6.07, 6.45) is 3.94. The van der Waals surface area contributed by atoms with E-state index in [0.717, 1.165) is 54.1 Å². The molecule has 0 amide bonds. The Labute approximate surface area is 172 Å². The van der Waals surface area contributed by atoms with Crippen molar-refractivity contribution < 1.29 is 9.90 Å². The number of nitrogens with zero attached hydrogens (tertiary/aromatic N) is 3. The van der Waals surface area contributed by atoms with Crippen molar-refractivity contribution in [2.75, 3.05) is 0 Å². The molecule has 3 rings (SSSR count). The van der Waals surface area contributed by atoms with Gasteiger partial charge in [-0.3, -0.25) is 0 Å². The minimum Gasteiger partial charge on any atom is -0.478 e. The Bertz CT molecular complexity index is 961.